The molecule has 0 unspecified atom stereocenters. The van der Waals surface area contributed by atoms with Crippen LogP contribution < -0.4 is 10.6 Å². The van der Waals surface area contributed by atoms with Crippen molar-refractivity contribution in [1.82, 2.24) is 10.6 Å². The second-order valence-corrected chi connectivity index (χ2v) is 4.08. The van der Waals surface area contributed by atoms with Gasteiger partial charge in [0.05, 0.1) is 0 Å². The molecule has 1 amide bonds. The lowest BCUT2D eigenvalue weighted by Gasteiger charge is -2.22. The monoisotopic (exact) mass is 183 g/mol. The first-order valence-electron chi connectivity index (χ1n) is 4.54. The average Bonchev–Trinajstić information content (AvgIpc) is 2.26. The number of nitrogens with one attached hydrogen (secondary N) is 2. The molecular formula is C9H17N3O. The lowest BCUT2D eigenvalue weighted by molar-refractivity contribution is -0.123. The van der Waals surface area contributed by atoms with Gasteiger partial charge >= 0.3 is 0 Å². The van der Waals surface area contributed by atoms with Gasteiger partial charge < -0.3 is 5.32 Å². The number of aliphatic imine (C=N–C) groups is 1. The summed E-state index contributed by atoms with van der Waals surface area (Å²) >= 11 is 0. The lowest BCUT2D eigenvalue weighted by atomic mass is 9.91. The first-order valence-corrected chi connectivity index (χ1v) is 4.54. The van der Waals surface area contributed by atoms with Crippen molar-refractivity contribution in [2.75, 3.05) is 7.05 Å². The summed E-state index contributed by atoms with van der Waals surface area (Å²) in [5, 5.41) is 5.79. The Labute approximate surface area is 78.8 Å². The van der Waals surface area contributed by atoms with Crippen LogP contribution in [0.25, 0.3) is 0 Å². The van der Waals surface area contributed by atoms with Gasteiger partial charge in [-0.15, -0.1) is 0 Å². The molecule has 1 rings (SSSR count). The predicted molar refractivity (Wildman–Crippen MR) is 52.5 cm³/mol. The minimum atomic E-state index is -0.483. The van der Waals surface area contributed by atoms with Crippen LogP contribution in [-0.2, 0) is 4.79 Å². The van der Waals surface area contributed by atoms with Crippen LogP contribution in [0.1, 0.15) is 27.2 Å². The van der Waals surface area contributed by atoms with Crippen LogP contribution in [0.2, 0.25) is 0 Å². The van der Waals surface area contributed by atoms with Gasteiger partial charge in [0.2, 0.25) is 0 Å². The fourth-order valence-electron chi connectivity index (χ4n) is 1.67. The molecular weight excluding hydrogens is 166 g/mol. The molecule has 13 heavy (non-hydrogen) atoms. The molecule has 4 heteroatoms. The first-order chi connectivity index (χ1) is 5.98. The van der Waals surface area contributed by atoms with Crippen LogP contribution in [0.3, 0.4) is 0 Å². The average molecular weight is 183 g/mol. The molecule has 0 aromatic heterocycles. The van der Waals surface area contributed by atoms with Crippen molar-refractivity contribution in [3.05, 3.63) is 0 Å². The molecule has 0 aromatic carbocycles. The third-order valence-electron chi connectivity index (χ3n) is 2.17. The smallest absolute Gasteiger partial charge is 0.252 e. The molecule has 1 aliphatic heterocycles. The van der Waals surface area contributed by atoms with Crippen LogP contribution in [0.15, 0.2) is 4.99 Å². The fraction of sp³-hybridized carbons (Fsp3) is 0.778. The molecule has 1 saturated heterocycles. The van der Waals surface area contributed by atoms with Gasteiger partial charge in [-0.1, -0.05) is 13.8 Å². The zero-order valence-corrected chi connectivity index (χ0v) is 8.64. The second kappa shape index (κ2) is 3.36. The Kier molecular flexibility index (Phi) is 2.59. The topological polar surface area (TPSA) is 53.5 Å². The summed E-state index contributed by atoms with van der Waals surface area (Å²) in [6.45, 7) is 6.10. The van der Waals surface area contributed by atoms with E-state index in [0.29, 0.717) is 11.9 Å². The predicted octanol–water partition coefficient (Wildman–Crippen LogP) is 0.496. The van der Waals surface area contributed by atoms with Gasteiger partial charge in [0, 0.05) is 7.05 Å². The maximum absolute atomic E-state index is 11.5. The Morgan fingerprint density at radius 2 is 2.15 bits per heavy atom. The zero-order valence-electron chi connectivity index (χ0n) is 8.64. The van der Waals surface area contributed by atoms with Crippen LogP contribution in [0, 0.1) is 5.92 Å². The molecule has 0 radical (unpaired) electrons. The molecule has 1 aliphatic rings. The number of carbonyl (C=O) groups is 1. The molecule has 1 atom stereocenters. The van der Waals surface area contributed by atoms with Crippen LogP contribution in [0.4, 0.5) is 0 Å². The highest BCUT2D eigenvalue weighted by molar-refractivity contribution is 6.08. The molecule has 0 aliphatic carbocycles. The van der Waals surface area contributed by atoms with E-state index in [1.165, 1.54) is 0 Å². The molecule has 0 spiro atoms. The summed E-state index contributed by atoms with van der Waals surface area (Å²) in [6.07, 6.45) is 0.817. The van der Waals surface area contributed by atoms with Gasteiger partial charge in [0.1, 0.15) is 5.54 Å². The van der Waals surface area contributed by atoms with Crippen LogP contribution in [-0.4, -0.2) is 24.5 Å². The molecule has 0 aromatic rings. The number of nitrogens with zero attached hydrogens (tertiary/aromatic N) is 1. The highest BCUT2D eigenvalue weighted by atomic mass is 16.2. The van der Waals surface area contributed by atoms with Crippen LogP contribution in [0.5, 0.6) is 0 Å². The number of hydrogen-bond donors (Lipinski definition) is 2. The van der Waals surface area contributed by atoms with E-state index in [9.17, 15) is 4.79 Å². The van der Waals surface area contributed by atoms with Gasteiger partial charge in [0.15, 0.2) is 5.96 Å². The Hall–Kier alpha value is -1.06. The van der Waals surface area contributed by atoms with Gasteiger partial charge in [-0.2, -0.15) is 0 Å². The quantitative estimate of drug-likeness (QED) is 0.655. The third kappa shape index (κ3) is 1.99. The van der Waals surface area contributed by atoms with E-state index in [1.807, 2.05) is 6.92 Å². The lowest BCUT2D eigenvalue weighted by Crippen LogP contribution is -2.44. The van der Waals surface area contributed by atoms with Crippen molar-refractivity contribution in [1.29, 1.82) is 0 Å². The van der Waals surface area contributed by atoms with E-state index in [-0.39, 0.29) is 5.91 Å². The summed E-state index contributed by atoms with van der Waals surface area (Å²) < 4.78 is 0. The fourth-order valence-corrected chi connectivity index (χ4v) is 1.67. The number of rotatable bonds is 2. The Balaban J connectivity index is 2.75. The van der Waals surface area contributed by atoms with Crippen molar-refractivity contribution >= 4 is 11.9 Å². The van der Waals surface area contributed by atoms with E-state index in [4.69, 9.17) is 0 Å². The Morgan fingerprint density at radius 3 is 2.54 bits per heavy atom. The van der Waals surface area contributed by atoms with Gasteiger partial charge in [-0.05, 0) is 19.3 Å². The van der Waals surface area contributed by atoms with E-state index < -0.39 is 5.54 Å². The molecule has 1 heterocycles. The highest BCUT2D eigenvalue weighted by Gasteiger charge is 2.40. The zero-order chi connectivity index (χ0) is 10.1. The van der Waals surface area contributed by atoms with Crippen LogP contribution >= 0.6 is 0 Å². The van der Waals surface area contributed by atoms with Gasteiger partial charge in [-0.3, -0.25) is 15.1 Å². The number of amides is 1. The third-order valence-corrected chi connectivity index (χ3v) is 2.17. The number of carbonyl (C=O) groups excluding carboxylic acids is 1. The first kappa shape index (κ1) is 10.0. The van der Waals surface area contributed by atoms with Gasteiger partial charge in [0.25, 0.3) is 5.91 Å². The molecule has 1 fully saturated rings. The van der Waals surface area contributed by atoms with Gasteiger partial charge in [-0.25, -0.2) is 0 Å². The molecule has 0 saturated carbocycles. The number of hydrogen-bond acceptors (Lipinski definition) is 2. The largest absolute Gasteiger partial charge is 0.342 e. The van der Waals surface area contributed by atoms with E-state index in [1.54, 1.807) is 7.05 Å². The highest BCUT2D eigenvalue weighted by Crippen LogP contribution is 2.19. The standard InChI is InChI=1S/C9H17N3O/c1-6(2)5-9(3)7(13)11-8(10-4)12-9/h6H,5H2,1-4H3,(H2,10,11,12,13)/t9-/m0/s1. The molecule has 4 nitrogen and oxygen atoms in total. The maximum atomic E-state index is 11.5. The van der Waals surface area contributed by atoms with E-state index >= 15 is 0 Å². The molecule has 0 bridgehead atoms. The van der Waals surface area contributed by atoms with Crippen molar-refractivity contribution in [2.45, 2.75) is 32.7 Å². The minimum Gasteiger partial charge on any atom is -0.342 e. The normalized spacial score (nSPS) is 30.8. The molecule has 2 N–H and O–H groups in total. The van der Waals surface area contributed by atoms with Crippen molar-refractivity contribution in [3.63, 3.8) is 0 Å². The van der Waals surface area contributed by atoms with E-state index in [0.717, 1.165) is 6.42 Å². The van der Waals surface area contributed by atoms with Crippen molar-refractivity contribution < 1.29 is 4.79 Å². The minimum absolute atomic E-state index is 0.0156. The summed E-state index contributed by atoms with van der Waals surface area (Å²) in [5.41, 5.74) is -0.483. The maximum Gasteiger partial charge on any atom is 0.252 e. The Morgan fingerprint density at radius 1 is 1.54 bits per heavy atom. The van der Waals surface area contributed by atoms with Crippen molar-refractivity contribution in [3.8, 4) is 0 Å². The van der Waals surface area contributed by atoms with Crippen molar-refractivity contribution in [2.24, 2.45) is 10.9 Å². The SMILES string of the molecule is CN=C1NC(=O)[C@](C)(CC(C)C)N1. The Bertz CT molecular complexity index is 247. The summed E-state index contributed by atoms with van der Waals surface area (Å²) in [4.78, 5) is 15.5. The molecule has 74 valence electrons. The summed E-state index contributed by atoms with van der Waals surface area (Å²) in [7, 11) is 1.66. The van der Waals surface area contributed by atoms with E-state index in [2.05, 4.69) is 29.5 Å². The summed E-state index contributed by atoms with van der Waals surface area (Å²) in [6, 6.07) is 0. The second-order valence-electron chi connectivity index (χ2n) is 4.08. The summed E-state index contributed by atoms with van der Waals surface area (Å²) in [5.74, 6) is 1.08. The number of guanidine groups is 1.